The Kier molecular flexibility index (Phi) is 7.27. The Morgan fingerprint density at radius 1 is 1.35 bits per heavy atom. The zero-order chi connectivity index (χ0) is 15.2. The quantitative estimate of drug-likeness (QED) is 0.700. The highest BCUT2D eigenvalue weighted by Gasteiger charge is 2.16. The van der Waals surface area contributed by atoms with Gasteiger partial charge in [0.05, 0.1) is 0 Å². The molecule has 0 spiro atoms. The molecule has 1 unspecified atom stereocenters. The van der Waals surface area contributed by atoms with Gasteiger partial charge in [-0.3, -0.25) is 4.79 Å². The molecule has 0 radical (unpaired) electrons. The molecular formula is C17H24ClN3OS. The third-order valence-corrected chi connectivity index (χ3v) is 5.18. The number of hydrogen-bond donors (Lipinski definition) is 3. The number of thioether (sulfide) groups is 1. The van der Waals surface area contributed by atoms with Gasteiger partial charge in [-0.2, -0.15) is 11.8 Å². The van der Waals surface area contributed by atoms with Crippen LogP contribution in [0.25, 0.3) is 10.9 Å². The molecule has 1 saturated heterocycles. The van der Waals surface area contributed by atoms with E-state index in [1.165, 1.54) is 16.5 Å². The molecule has 2 heterocycles. The average Bonchev–Trinajstić information content (AvgIpc) is 2.96. The van der Waals surface area contributed by atoms with E-state index >= 15 is 0 Å². The van der Waals surface area contributed by atoms with Crippen molar-refractivity contribution in [2.45, 2.75) is 25.3 Å². The molecule has 0 bridgehead atoms. The van der Waals surface area contributed by atoms with E-state index in [9.17, 15) is 4.79 Å². The van der Waals surface area contributed by atoms with Crippen LogP contribution >= 0.6 is 24.2 Å². The Morgan fingerprint density at radius 2 is 2.22 bits per heavy atom. The lowest BCUT2D eigenvalue weighted by atomic mass is 10.1. The topological polar surface area (TPSA) is 56.9 Å². The second-order valence-electron chi connectivity index (χ2n) is 5.74. The Bertz CT molecular complexity index is 625. The number of aromatic amines is 1. The molecule has 1 fully saturated rings. The summed E-state index contributed by atoms with van der Waals surface area (Å²) >= 11 is 1.93. The molecule has 1 aliphatic rings. The highest BCUT2D eigenvalue weighted by molar-refractivity contribution is 7.99. The zero-order valence-electron chi connectivity index (χ0n) is 13.1. The summed E-state index contributed by atoms with van der Waals surface area (Å²) in [6.45, 7) is 1.77. The first-order valence-corrected chi connectivity index (χ1v) is 9.11. The van der Waals surface area contributed by atoms with Gasteiger partial charge in [0.15, 0.2) is 0 Å². The number of fused-ring (bicyclic) bond motifs is 1. The SMILES string of the molecule is Cl.O=C(CC1CSCCN1)NCCCc1c[nH]c2ccccc12. The van der Waals surface area contributed by atoms with Gasteiger partial charge < -0.3 is 15.6 Å². The number of aromatic nitrogens is 1. The van der Waals surface area contributed by atoms with E-state index in [0.29, 0.717) is 12.5 Å². The molecule has 6 heteroatoms. The summed E-state index contributed by atoms with van der Waals surface area (Å²) in [5, 5.41) is 7.73. The summed E-state index contributed by atoms with van der Waals surface area (Å²) in [4.78, 5) is 15.2. The maximum atomic E-state index is 11.9. The van der Waals surface area contributed by atoms with Crippen LogP contribution in [0.3, 0.4) is 0 Å². The van der Waals surface area contributed by atoms with E-state index in [-0.39, 0.29) is 18.3 Å². The van der Waals surface area contributed by atoms with Crippen LogP contribution in [-0.4, -0.2) is 41.5 Å². The summed E-state index contributed by atoms with van der Waals surface area (Å²) in [5.74, 6) is 2.37. The molecule has 0 saturated carbocycles. The van der Waals surface area contributed by atoms with Crippen molar-refractivity contribution in [2.75, 3.05) is 24.6 Å². The third kappa shape index (κ3) is 5.16. The van der Waals surface area contributed by atoms with Crippen LogP contribution in [0.4, 0.5) is 0 Å². The predicted octanol–water partition coefficient (Wildman–Crippen LogP) is 2.73. The van der Waals surface area contributed by atoms with Gasteiger partial charge in [-0.25, -0.2) is 0 Å². The monoisotopic (exact) mass is 353 g/mol. The largest absolute Gasteiger partial charge is 0.361 e. The molecule has 4 nitrogen and oxygen atoms in total. The minimum Gasteiger partial charge on any atom is -0.361 e. The molecule has 1 amide bonds. The van der Waals surface area contributed by atoms with Crippen LogP contribution in [0.5, 0.6) is 0 Å². The molecule has 1 aliphatic heterocycles. The van der Waals surface area contributed by atoms with Crippen LogP contribution in [0.15, 0.2) is 30.5 Å². The van der Waals surface area contributed by atoms with Crippen molar-refractivity contribution >= 4 is 41.0 Å². The van der Waals surface area contributed by atoms with Crippen molar-refractivity contribution in [1.82, 2.24) is 15.6 Å². The van der Waals surface area contributed by atoms with Crippen molar-refractivity contribution in [1.29, 1.82) is 0 Å². The maximum Gasteiger partial charge on any atom is 0.221 e. The summed E-state index contributed by atoms with van der Waals surface area (Å²) in [7, 11) is 0. The molecule has 3 N–H and O–H groups in total. The first-order chi connectivity index (χ1) is 10.8. The number of para-hydroxylation sites is 1. The van der Waals surface area contributed by atoms with Gasteiger partial charge in [-0.05, 0) is 24.5 Å². The van der Waals surface area contributed by atoms with Gasteiger partial charge in [0.25, 0.3) is 0 Å². The number of carbonyl (C=O) groups is 1. The molecule has 23 heavy (non-hydrogen) atoms. The predicted molar refractivity (Wildman–Crippen MR) is 101 cm³/mol. The number of halogens is 1. The summed E-state index contributed by atoms with van der Waals surface area (Å²) in [6, 6.07) is 8.69. The summed E-state index contributed by atoms with van der Waals surface area (Å²) in [6.07, 6.45) is 4.64. The number of benzene rings is 1. The molecule has 1 aromatic carbocycles. The first-order valence-electron chi connectivity index (χ1n) is 7.96. The maximum absolute atomic E-state index is 11.9. The van der Waals surface area contributed by atoms with Gasteiger partial charge in [0.2, 0.25) is 5.91 Å². The number of amides is 1. The minimum absolute atomic E-state index is 0. The van der Waals surface area contributed by atoms with Crippen molar-refractivity contribution in [2.24, 2.45) is 0 Å². The summed E-state index contributed by atoms with van der Waals surface area (Å²) < 4.78 is 0. The van der Waals surface area contributed by atoms with Crippen molar-refractivity contribution < 1.29 is 4.79 Å². The fourth-order valence-electron chi connectivity index (χ4n) is 2.89. The highest BCUT2D eigenvalue weighted by atomic mass is 35.5. The molecule has 1 atom stereocenters. The second kappa shape index (κ2) is 9.21. The van der Waals surface area contributed by atoms with Crippen molar-refractivity contribution in [3.05, 3.63) is 36.0 Å². The fraction of sp³-hybridized carbons (Fsp3) is 0.471. The van der Waals surface area contributed by atoms with E-state index in [2.05, 4.69) is 40.0 Å². The van der Waals surface area contributed by atoms with Crippen LogP contribution in [0.1, 0.15) is 18.4 Å². The lowest BCUT2D eigenvalue weighted by molar-refractivity contribution is -0.121. The Hall–Kier alpha value is -1.17. The van der Waals surface area contributed by atoms with E-state index in [1.807, 2.05) is 17.8 Å². The average molecular weight is 354 g/mol. The van der Waals surface area contributed by atoms with E-state index in [1.54, 1.807) is 0 Å². The number of rotatable bonds is 6. The molecule has 3 rings (SSSR count). The fourth-order valence-corrected chi connectivity index (χ4v) is 3.84. The molecule has 2 aromatic rings. The Labute approximate surface area is 147 Å². The molecular weight excluding hydrogens is 330 g/mol. The van der Waals surface area contributed by atoms with E-state index < -0.39 is 0 Å². The first kappa shape index (κ1) is 18.2. The van der Waals surface area contributed by atoms with Gasteiger partial charge >= 0.3 is 0 Å². The third-order valence-electron chi connectivity index (χ3n) is 4.05. The van der Waals surface area contributed by atoms with Crippen molar-refractivity contribution in [3.8, 4) is 0 Å². The standard InChI is InChI=1S/C17H23N3OS.ClH/c21-17(10-14-12-22-9-8-18-14)19-7-3-4-13-11-20-16-6-2-1-5-15(13)16;/h1-2,5-6,11,14,18,20H,3-4,7-10,12H2,(H,19,21);1H. The van der Waals surface area contributed by atoms with Crippen LogP contribution < -0.4 is 10.6 Å². The van der Waals surface area contributed by atoms with E-state index in [0.717, 1.165) is 37.4 Å². The zero-order valence-corrected chi connectivity index (χ0v) is 14.8. The van der Waals surface area contributed by atoms with Crippen LogP contribution in [-0.2, 0) is 11.2 Å². The Balaban J connectivity index is 0.00000192. The van der Waals surface area contributed by atoms with Gasteiger partial charge in [0.1, 0.15) is 0 Å². The number of H-pyrrole nitrogens is 1. The summed E-state index contributed by atoms with van der Waals surface area (Å²) in [5.41, 5.74) is 2.51. The van der Waals surface area contributed by atoms with Gasteiger partial charge in [-0.15, -0.1) is 12.4 Å². The van der Waals surface area contributed by atoms with E-state index in [4.69, 9.17) is 0 Å². The number of carbonyl (C=O) groups excluding carboxylic acids is 1. The molecule has 0 aliphatic carbocycles. The van der Waals surface area contributed by atoms with Crippen LogP contribution in [0.2, 0.25) is 0 Å². The molecule has 1 aromatic heterocycles. The number of aryl methyl sites for hydroxylation is 1. The smallest absolute Gasteiger partial charge is 0.221 e. The van der Waals surface area contributed by atoms with Crippen molar-refractivity contribution in [3.63, 3.8) is 0 Å². The molecule has 126 valence electrons. The lowest BCUT2D eigenvalue weighted by Gasteiger charge is -2.22. The second-order valence-corrected chi connectivity index (χ2v) is 6.89. The highest BCUT2D eigenvalue weighted by Crippen LogP contribution is 2.18. The minimum atomic E-state index is 0. The Morgan fingerprint density at radius 3 is 3.04 bits per heavy atom. The lowest BCUT2D eigenvalue weighted by Crippen LogP contribution is -2.41. The number of hydrogen-bond acceptors (Lipinski definition) is 3. The number of nitrogens with one attached hydrogen (secondary N) is 3. The normalized spacial score (nSPS) is 17.7. The van der Waals surface area contributed by atoms with Gasteiger partial charge in [-0.1, -0.05) is 18.2 Å². The van der Waals surface area contributed by atoms with Crippen LogP contribution in [0, 0.1) is 0 Å². The van der Waals surface area contributed by atoms with Gasteiger partial charge in [0, 0.05) is 54.2 Å².